The summed E-state index contributed by atoms with van der Waals surface area (Å²) in [4.78, 5) is 12.7. The fraction of sp³-hybridized carbons (Fsp3) is 0.286. The number of nitrogens with zero attached hydrogens (tertiary/aromatic N) is 2. The van der Waals surface area contributed by atoms with Crippen LogP contribution in [0.3, 0.4) is 0 Å². The lowest BCUT2D eigenvalue weighted by atomic mass is 10.1. The van der Waals surface area contributed by atoms with Gasteiger partial charge in [0.2, 0.25) is 0 Å². The van der Waals surface area contributed by atoms with Gasteiger partial charge in [0.15, 0.2) is 0 Å². The average Bonchev–Trinajstić information content (AvgIpc) is 2.82. The third-order valence-corrected chi connectivity index (χ3v) is 4.33. The van der Waals surface area contributed by atoms with Gasteiger partial charge in [-0.3, -0.25) is 10.1 Å². The van der Waals surface area contributed by atoms with E-state index in [0.29, 0.717) is 6.54 Å². The van der Waals surface area contributed by atoms with Crippen LogP contribution in [0.2, 0.25) is 0 Å². The van der Waals surface area contributed by atoms with E-state index in [1.165, 1.54) is 22.6 Å². The summed E-state index contributed by atoms with van der Waals surface area (Å²) in [6.07, 6.45) is 0. The molecule has 1 N–H and O–H groups in total. The highest BCUT2D eigenvalue weighted by molar-refractivity contribution is 7.13. The van der Waals surface area contributed by atoms with Gasteiger partial charge in [-0.2, -0.15) is 0 Å². The Kier molecular flexibility index (Phi) is 3.66. The molecule has 0 saturated heterocycles. The van der Waals surface area contributed by atoms with Crippen LogP contribution in [0.4, 0.5) is 10.7 Å². The van der Waals surface area contributed by atoms with Gasteiger partial charge in [0.05, 0.1) is 4.92 Å². The molecule has 0 saturated carbocycles. The molecule has 0 fully saturated rings. The van der Waals surface area contributed by atoms with Crippen molar-refractivity contribution in [3.63, 3.8) is 0 Å². The number of anilines is 1. The Labute approximate surface area is 121 Å². The third kappa shape index (κ3) is 2.66. The van der Waals surface area contributed by atoms with Gasteiger partial charge in [0.1, 0.15) is 0 Å². The molecule has 1 aromatic heterocycles. The van der Waals surface area contributed by atoms with Crippen LogP contribution in [0.25, 0.3) is 0 Å². The zero-order chi connectivity index (χ0) is 13.9. The molecule has 6 heteroatoms. The standard InChI is InChI=1S/C14H15N3O2S/c18-17(19)14-7-11(10-20-14)9-16-6-5-15-8-12-3-1-2-4-13(12)16/h1-4,7,10,15H,5-6,8-9H2. The minimum atomic E-state index is -0.327. The molecule has 5 nitrogen and oxygen atoms in total. The summed E-state index contributed by atoms with van der Waals surface area (Å²) in [5.74, 6) is 0. The van der Waals surface area contributed by atoms with E-state index in [0.717, 1.165) is 25.2 Å². The molecule has 0 unspecified atom stereocenters. The molecule has 0 spiro atoms. The minimum Gasteiger partial charge on any atom is -0.366 e. The van der Waals surface area contributed by atoms with Crippen molar-refractivity contribution in [2.75, 3.05) is 18.0 Å². The van der Waals surface area contributed by atoms with Gasteiger partial charge < -0.3 is 10.2 Å². The van der Waals surface area contributed by atoms with Gasteiger partial charge in [0.25, 0.3) is 0 Å². The second kappa shape index (κ2) is 5.60. The molecule has 20 heavy (non-hydrogen) atoms. The van der Waals surface area contributed by atoms with Crippen molar-refractivity contribution in [3.05, 3.63) is 57.0 Å². The fourth-order valence-corrected chi connectivity index (χ4v) is 3.17. The first-order chi connectivity index (χ1) is 9.74. The van der Waals surface area contributed by atoms with Crippen molar-refractivity contribution in [3.8, 4) is 0 Å². The minimum absolute atomic E-state index is 0.209. The summed E-state index contributed by atoms with van der Waals surface area (Å²) >= 11 is 1.19. The molecule has 0 bridgehead atoms. The molecule has 2 aromatic rings. The first kappa shape index (κ1) is 13.1. The number of nitro groups is 1. The first-order valence-electron chi connectivity index (χ1n) is 6.49. The van der Waals surface area contributed by atoms with E-state index in [1.54, 1.807) is 6.07 Å². The highest BCUT2D eigenvalue weighted by Crippen LogP contribution is 2.27. The van der Waals surface area contributed by atoms with Gasteiger partial charge >= 0.3 is 5.00 Å². The lowest BCUT2D eigenvalue weighted by molar-refractivity contribution is -0.380. The highest BCUT2D eigenvalue weighted by Gasteiger charge is 2.17. The molecular weight excluding hydrogens is 274 g/mol. The third-order valence-electron chi connectivity index (χ3n) is 3.40. The van der Waals surface area contributed by atoms with Crippen LogP contribution in [0.5, 0.6) is 0 Å². The van der Waals surface area contributed by atoms with E-state index in [-0.39, 0.29) is 9.92 Å². The summed E-state index contributed by atoms with van der Waals surface area (Å²) < 4.78 is 0. The van der Waals surface area contributed by atoms with Crippen molar-refractivity contribution in [1.82, 2.24) is 5.32 Å². The Balaban J connectivity index is 1.84. The maximum absolute atomic E-state index is 10.8. The number of benzene rings is 1. The van der Waals surface area contributed by atoms with E-state index < -0.39 is 0 Å². The number of rotatable bonds is 3. The molecular formula is C14H15N3O2S. The molecule has 3 rings (SSSR count). The van der Waals surface area contributed by atoms with Crippen LogP contribution in [0.15, 0.2) is 35.7 Å². The van der Waals surface area contributed by atoms with Crippen LogP contribution in [0, 0.1) is 10.1 Å². The topological polar surface area (TPSA) is 58.4 Å². The summed E-state index contributed by atoms with van der Waals surface area (Å²) in [5.41, 5.74) is 3.49. The normalized spacial score (nSPS) is 14.7. The van der Waals surface area contributed by atoms with Gasteiger partial charge in [0, 0.05) is 43.3 Å². The van der Waals surface area contributed by atoms with Crippen molar-refractivity contribution < 1.29 is 4.92 Å². The molecule has 2 heterocycles. The largest absolute Gasteiger partial charge is 0.366 e. The first-order valence-corrected chi connectivity index (χ1v) is 7.37. The Morgan fingerprint density at radius 1 is 1.40 bits per heavy atom. The van der Waals surface area contributed by atoms with Crippen molar-refractivity contribution in [1.29, 1.82) is 0 Å². The number of nitrogens with one attached hydrogen (secondary N) is 1. The lowest BCUT2D eigenvalue weighted by Crippen LogP contribution is -2.28. The van der Waals surface area contributed by atoms with E-state index >= 15 is 0 Å². The van der Waals surface area contributed by atoms with Crippen LogP contribution in [-0.4, -0.2) is 18.0 Å². The van der Waals surface area contributed by atoms with Gasteiger partial charge in [-0.25, -0.2) is 0 Å². The molecule has 1 aliphatic rings. The van der Waals surface area contributed by atoms with Crippen molar-refractivity contribution in [2.24, 2.45) is 0 Å². The number of para-hydroxylation sites is 1. The lowest BCUT2D eigenvalue weighted by Gasteiger charge is -2.24. The fourth-order valence-electron chi connectivity index (χ4n) is 2.45. The molecule has 104 valence electrons. The second-order valence-electron chi connectivity index (χ2n) is 4.78. The Hall–Kier alpha value is -1.92. The maximum Gasteiger partial charge on any atom is 0.324 e. The predicted octanol–water partition coefficient (Wildman–Crippen LogP) is 2.77. The zero-order valence-electron chi connectivity index (χ0n) is 10.9. The summed E-state index contributed by atoms with van der Waals surface area (Å²) in [6, 6.07) is 9.98. The van der Waals surface area contributed by atoms with Crippen LogP contribution >= 0.6 is 11.3 Å². The van der Waals surface area contributed by atoms with Crippen molar-refractivity contribution >= 4 is 22.0 Å². The molecule has 0 aliphatic carbocycles. The van der Waals surface area contributed by atoms with E-state index in [1.807, 2.05) is 17.5 Å². The van der Waals surface area contributed by atoms with E-state index in [9.17, 15) is 10.1 Å². The quantitative estimate of drug-likeness (QED) is 0.697. The number of hydrogen-bond donors (Lipinski definition) is 1. The Morgan fingerprint density at radius 3 is 3.05 bits per heavy atom. The molecule has 0 amide bonds. The Morgan fingerprint density at radius 2 is 2.25 bits per heavy atom. The molecule has 0 atom stereocenters. The second-order valence-corrected chi connectivity index (χ2v) is 5.67. The molecule has 1 aliphatic heterocycles. The van der Waals surface area contributed by atoms with Crippen LogP contribution in [0.1, 0.15) is 11.1 Å². The number of hydrogen-bond acceptors (Lipinski definition) is 5. The van der Waals surface area contributed by atoms with Crippen LogP contribution < -0.4 is 10.2 Å². The van der Waals surface area contributed by atoms with Crippen molar-refractivity contribution in [2.45, 2.75) is 13.1 Å². The predicted molar refractivity (Wildman–Crippen MR) is 80.2 cm³/mol. The average molecular weight is 289 g/mol. The SMILES string of the molecule is O=[N+]([O-])c1cc(CN2CCNCc3ccccc32)cs1. The highest BCUT2D eigenvalue weighted by atomic mass is 32.1. The number of thiophene rings is 1. The molecule has 1 aromatic carbocycles. The van der Waals surface area contributed by atoms with Gasteiger partial charge in [-0.05, 0) is 17.2 Å². The van der Waals surface area contributed by atoms with Crippen LogP contribution in [-0.2, 0) is 13.1 Å². The van der Waals surface area contributed by atoms with Gasteiger partial charge in [-0.1, -0.05) is 29.5 Å². The van der Waals surface area contributed by atoms with Gasteiger partial charge in [-0.15, -0.1) is 0 Å². The smallest absolute Gasteiger partial charge is 0.324 e. The Bertz CT molecular complexity index is 626. The molecule has 0 radical (unpaired) electrons. The zero-order valence-corrected chi connectivity index (χ0v) is 11.7. The monoisotopic (exact) mass is 289 g/mol. The maximum atomic E-state index is 10.8. The number of fused-ring (bicyclic) bond motifs is 1. The van der Waals surface area contributed by atoms with E-state index in [4.69, 9.17) is 0 Å². The summed E-state index contributed by atoms with van der Waals surface area (Å²) in [6.45, 7) is 3.40. The summed E-state index contributed by atoms with van der Waals surface area (Å²) in [7, 11) is 0. The van der Waals surface area contributed by atoms with E-state index in [2.05, 4.69) is 22.3 Å². The summed E-state index contributed by atoms with van der Waals surface area (Å²) in [5, 5.41) is 16.2.